The van der Waals surface area contributed by atoms with Crippen molar-refractivity contribution in [3.05, 3.63) is 75.8 Å². The summed E-state index contributed by atoms with van der Waals surface area (Å²) in [6, 6.07) is 13.7. The molecule has 2 aromatic rings. The van der Waals surface area contributed by atoms with Gasteiger partial charge in [-0.3, -0.25) is 9.59 Å². The lowest BCUT2D eigenvalue weighted by Gasteiger charge is -2.26. The van der Waals surface area contributed by atoms with E-state index >= 15 is 0 Å². The number of carbonyl (C=O) groups excluding carboxylic acids is 2. The van der Waals surface area contributed by atoms with Crippen molar-refractivity contribution in [3.63, 3.8) is 0 Å². The number of halogens is 1. The van der Waals surface area contributed by atoms with Crippen LogP contribution in [0.5, 0.6) is 0 Å². The Morgan fingerprint density at radius 3 is 2.52 bits per heavy atom. The summed E-state index contributed by atoms with van der Waals surface area (Å²) in [6.45, 7) is 3.17. The quantitative estimate of drug-likeness (QED) is 0.442. The first-order valence-corrected chi connectivity index (χ1v) is 9.93. The summed E-state index contributed by atoms with van der Waals surface area (Å²) in [6.07, 6.45) is 0.722. The van der Waals surface area contributed by atoms with E-state index in [-0.39, 0.29) is 11.3 Å². The second kappa shape index (κ2) is 8.80. The van der Waals surface area contributed by atoms with Gasteiger partial charge in [-0.05, 0) is 51.7 Å². The maximum absolute atomic E-state index is 12.9. The van der Waals surface area contributed by atoms with Crippen molar-refractivity contribution in [2.45, 2.75) is 19.4 Å². The topological polar surface area (TPSA) is 60.9 Å². The van der Waals surface area contributed by atoms with E-state index in [1.165, 1.54) is 0 Å². The molecule has 3 rings (SSSR count). The Bertz CT molecular complexity index is 968. The minimum Gasteiger partial charge on any atom is -0.507 e. The molecule has 0 bridgehead atoms. The highest BCUT2D eigenvalue weighted by Gasteiger charge is 2.45. The first-order chi connectivity index (χ1) is 13.8. The molecule has 0 spiro atoms. The molecule has 1 atom stereocenters. The summed E-state index contributed by atoms with van der Waals surface area (Å²) in [5.41, 5.74) is 2.34. The second-order valence-electron chi connectivity index (χ2n) is 7.57. The smallest absolute Gasteiger partial charge is 0.295 e. The number of benzene rings is 2. The van der Waals surface area contributed by atoms with Crippen LogP contribution in [0.3, 0.4) is 0 Å². The van der Waals surface area contributed by atoms with Crippen molar-refractivity contribution < 1.29 is 14.7 Å². The van der Waals surface area contributed by atoms with Gasteiger partial charge in [-0.1, -0.05) is 53.6 Å². The Kier molecular flexibility index (Phi) is 6.40. The number of rotatable bonds is 6. The predicted molar refractivity (Wildman–Crippen MR) is 115 cm³/mol. The predicted octanol–water partition coefficient (Wildman–Crippen LogP) is 4.02. The Labute approximate surface area is 176 Å². The van der Waals surface area contributed by atoms with Crippen molar-refractivity contribution in [1.29, 1.82) is 0 Å². The van der Waals surface area contributed by atoms with E-state index in [0.29, 0.717) is 17.1 Å². The van der Waals surface area contributed by atoms with E-state index in [1.54, 1.807) is 29.2 Å². The van der Waals surface area contributed by atoms with Crippen molar-refractivity contribution >= 4 is 29.1 Å². The van der Waals surface area contributed by atoms with Gasteiger partial charge in [-0.25, -0.2) is 0 Å². The summed E-state index contributed by atoms with van der Waals surface area (Å²) in [5, 5.41) is 11.4. The summed E-state index contributed by atoms with van der Waals surface area (Å²) in [7, 11) is 3.93. The van der Waals surface area contributed by atoms with Gasteiger partial charge in [0.1, 0.15) is 5.76 Å². The summed E-state index contributed by atoms with van der Waals surface area (Å²) >= 11 is 6.06. The molecule has 1 aliphatic rings. The van der Waals surface area contributed by atoms with Crippen LogP contribution in [0.15, 0.2) is 54.1 Å². The highest BCUT2D eigenvalue weighted by Crippen LogP contribution is 2.39. The first kappa shape index (κ1) is 21.1. The molecule has 0 aliphatic carbocycles. The van der Waals surface area contributed by atoms with Crippen LogP contribution in [-0.4, -0.2) is 53.8 Å². The van der Waals surface area contributed by atoms with Gasteiger partial charge in [-0.15, -0.1) is 0 Å². The molecule has 1 amide bonds. The number of carbonyl (C=O) groups is 2. The number of hydrogen-bond acceptors (Lipinski definition) is 4. The third-order valence-electron chi connectivity index (χ3n) is 5.00. The number of aryl methyl sites for hydroxylation is 1. The van der Waals surface area contributed by atoms with Crippen molar-refractivity contribution in [3.8, 4) is 0 Å². The lowest BCUT2D eigenvalue weighted by molar-refractivity contribution is -0.139. The average Bonchev–Trinajstić information content (AvgIpc) is 2.92. The maximum Gasteiger partial charge on any atom is 0.295 e. The van der Waals surface area contributed by atoms with Gasteiger partial charge < -0.3 is 14.9 Å². The fourth-order valence-electron chi connectivity index (χ4n) is 3.65. The molecule has 1 aliphatic heterocycles. The minimum atomic E-state index is -0.668. The molecule has 0 saturated carbocycles. The van der Waals surface area contributed by atoms with Gasteiger partial charge in [0, 0.05) is 17.1 Å². The Morgan fingerprint density at radius 1 is 1.14 bits per heavy atom. The van der Waals surface area contributed by atoms with Crippen LogP contribution < -0.4 is 0 Å². The average molecular weight is 413 g/mol. The molecule has 5 nitrogen and oxygen atoms in total. The standard InChI is InChI=1S/C23H25ClN2O3/c1-15-7-4-8-16(13-15)20-19(21(27)17-9-5-10-18(24)14-17)22(28)23(29)26(20)12-6-11-25(2)3/h4-5,7-10,13-14,20,27H,6,11-12H2,1-3H3/b21-19-. The summed E-state index contributed by atoms with van der Waals surface area (Å²) < 4.78 is 0. The number of aliphatic hydroxyl groups is 1. The zero-order chi connectivity index (χ0) is 21.1. The Balaban J connectivity index is 2.10. The van der Waals surface area contributed by atoms with Gasteiger partial charge in [-0.2, -0.15) is 0 Å². The van der Waals surface area contributed by atoms with Crippen LogP contribution in [0.25, 0.3) is 5.76 Å². The van der Waals surface area contributed by atoms with E-state index in [0.717, 1.165) is 24.1 Å². The van der Waals surface area contributed by atoms with Crippen LogP contribution in [0.1, 0.15) is 29.2 Å². The lowest BCUT2D eigenvalue weighted by atomic mass is 9.94. The number of amides is 1. The maximum atomic E-state index is 12.9. The number of Topliss-reactive ketones (excluding diaryl/α,β-unsaturated/α-hetero) is 1. The summed E-state index contributed by atoms with van der Waals surface area (Å²) in [5.74, 6) is -1.45. The van der Waals surface area contributed by atoms with Crippen molar-refractivity contribution in [1.82, 2.24) is 9.80 Å². The second-order valence-corrected chi connectivity index (χ2v) is 8.01. The fraction of sp³-hybridized carbons (Fsp3) is 0.304. The van der Waals surface area contributed by atoms with Crippen LogP contribution in [0.2, 0.25) is 5.02 Å². The van der Waals surface area contributed by atoms with Gasteiger partial charge in [0.15, 0.2) is 0 Å². The monoisotopic (exact) mass is 412 g/mol. The molecular weight excluding hydrogens is 388 g/mol. The largest absolute Gasteiger partial charge is 0.507 e. The Hall–Kier alpha value is -2.63. The number of likely N-dealkylation sites (tertiary alicyclic amines) is 1. The van der Waals surface area contributed by atoms with E-state index in [2.05, 4.69) is 0 Å². The third-order valence-corrected chi connectivity index (χ3v) is 5.24. The van der Waals surface area contributed by atoms with E-state index in [9.17, 15) is 14.7 Å². The number of nitrogens with zero attached hydrogens (tertiary/aromatic N) is 2. The zero-order valence-electron chi connectivity index (χ0n) is 16.9. The Morgan fingerprint density at radius 2 is 1.86 bits per heavy atom. The molecule has 1 unspecified atom stereocenters. The zero-order valence-corrected chi connectivity index (χ0v) is 17.6. The lowest BCUT2D eigenvalue weighted by Crippen LogP contribution is -2.32. The van der Waals surface area contributed by atoms with E-state index in [1.807, 2.05) is 50.2 Å². The molecule has 29 heavy (non-hydrogen) atoms. The highest BCUT2D eigenvalue weighted by atomic mass is 35.5. The van der Waals surface area contributed by atoms with Crippen LogP contribution in [0, 0.1) is 6.92 Å². The van der Waals surface area contributed by atoms with Crippen LogP contribution in [0.4, 0.5) is 0 Å². The molecule has 0 aromatic heterocycles. The molecule has 1 fully saturated rings. The molecule has 0 radical (unpaired) electrons. The van der Waals surface area contributed by atoms with Gasteiger partial charge in [0.25, 0.3) is 11.7 Å². The first-order valence-electron chi connectivity index (χ1n) is 9.55. The number of aliphatic hydroxyl groups excluding tert-OH is 1. The normalized spacial score (nSPS) is 18.7. The van der Waals surface area contributed by atoms with E-state index < -0.39 is 17.7 Å². The molecule has 6 heteroatoms. The SMILES string of the molecule is Cc1cccc(C2/C(=C(/O)c3cccc(Cl)c3)C(=O)C(=O)N2CCCN(C)C)c1. The fourth-order valence-corrected chi connectivity index (χ4v) is 3.84. The van der Waals surface area contributed by atoms with Crippen molar-refractivity contribution in [2.24, 2.45) is 0 Å². The molecular formula is C23H25ClN2O3. The van der Waals surface area contributed by atoms with Crippen molar-refractivity contribution in [2.75, 3.05) is 27.2 Å². The number of hydrogen-bond donors (Lipinski definition) is 1. The molecule has 1 saturated heterocycles. The van der Waals surface area contributed by atoms with Gasteiger partial charge in [0.2, 0.25) is 0 Å². The summed E-state index contributed by atoms with van der Waals surface area (Å²) in [4.78, 5) is 29.4. The number of ketones is 1. The minimum absolute atomic E-state index is 0.104. The van der Waals surface area contributed by atoms with Gasteiger partial charge >= 0.3 is 0 Å². The van der Waals surface area contributed by atoms with Gasteiger partial charge in [0.05, 0.1) is 11.6 Å². The van der Waals surface area contributed by atoms with Crippen LogP contribution in [-0.2, 0) is 9.59 Å². The van der Waals surface area contributed by atoms with E-state index in [4.69, 9.17) is 11.6 Å². The molecule has 2 aromatic carbocycles. The van der Waals surface area contributed by atoms with Crippen LogP contribution >= 0.6 is 11.6 Å². The molecule has 1 heterocycles. The highest BCUT2D eigenvalue weighted by molar-refractivity contribution is 6.46. The molecule has 152 valence electrons. The molecule has 1 N–H and O–H groups in total. The third kappa shape index (κ3) is 4.52.